The third kappa shape index (κ3) is 3.08. The molecule has 0 aliphatic carbocycles. The van der Waals surface area contributed by atoms with Gasteiger partial charge in [0.25, 0.3) is 0 Å². The highest BCUT2D eigenvalue weighted by molar-refractivity contribution is 9.10. The highest BCUT2D eigenvalue weighted by Gasteiger charge is 2.28. The van der Waals surface area contributed by atoms with E-state index in [1.54, 1.807) is 0 Å². The summed E-state index contributed by atoms with van der Waals surface area (Å²) >= 11 is 3.41. The number of nitrogens with one attached hydrogen (secondary N) is 2. The van der Waals surface area contributed by atoms with Crippen molar-refractivity contribution in [2.75, 3.05) is 13.1 Å². The van der Waals surface area contributed by atoms with Gasteiger partial charge in [0.2, 0.25) is 11.8 Å². The summed E-state index contributed by atoms with van der Waals surface area (Å²) in [6.45, 7) is 4.83. The lowest BCUT2D eigenvalue weighted by Gasteiger charge is -2.23. The number of hydrogen-bond donors (Lipinski definition) is 2. The van der Waals surface area contributed by atoms with E-state index in [0.717, 1.165) is 29.5 Å². The maximum atomic E-state index is 5.69. The zero-order chi connectivity index (χ0) is 14.0. The van der Waals surface area contributed by atoms with Gasteiger partial charge in [-0.05, 0) is 44.2 Å². The van der Waals surface area contributed by atoms with Crippen LogP contribution in [0.15, 0.2) is 33.2 Å². The van der Waals surface area contributed by atoms with Crippen molar-refractivity contribution < 1.29 is 4.42 Å². The second-order valence-electron chi connectivity index (χ2n) is 5.35. The topological polar surface area (TPSA) is 63.0 Å². The predicted molar refractivity (Wildman–Crippen MR) is 80.2 cm³/mol. The first kappa shape index (κ1) is 13.7. The Bertz CT molecular complexity index is 575. The minimum Gasteiger partial charge on any atom is -0.419 e. The van der Waals surface area contributed by atoms with Crippen molar-refractivity contribution in [3.05, 3.63) is 34.6 Å². The quantitative estimate of drug-likeness (QED) is 0.897. The van der Waals surface area contributed by atoms with E-state index in [4.69, 9.17) is 4.42 Å². The predicted octanol–water partition coefficient (Wildman–Crippen LogP) is 2.34. The Hall–Kier alpha value is -1.24. The minimum atomic E-state index is 0.117. The van der Waals surface area contributed by atoms with E-state index in [1.807, 2.05) is 24.3 Å². The molecule has 1 aliphatic heterocycles. The summed E-state index contributed by atoms with van der Waals surface area (Å²) in [6.07, 6.45) is 1.11. The molecular formula is C14H17BrN4O. The molecule has 0 amide bonds. The Labute approximate surface area is 126 Å². The Morgan fingerprint density at radius 3 is 2.85 bits per heavy atom. The maximum absolute atomic E-state index is 5.69. The van der Waals surface area contributed by atoms with E-state index >= 15 is 0 Å². The average molecular weight is 337 g/mol. The van der Waals surface area contributed by atoms with Crippen LogP contribution in [0.5, 0.6) is 0 Å². The first-order valence-corrected chi connectivity index (χ1v) is 7.48. The van der Waals surface area contributed by atoms with Crippen LogP contribution in [-0.4, -0.2) is 28.8 Å². The maximum Gasteiger partial charge on any atom is 0.247 e. The first-order valence-electron chi connectivity index (χ1n) is 6.69. The van der Waals surface area contributed by atoms with E-state index in [0.29, 0.717) is 18.3 Å². The van der Waals surface area contributed by atoms with Crippen molar-refractivity contribution >= 4 is 15.9 Å². The van der Waals surface area contributed by atoms with Gasteiger partial charge >= 0.3 is 0 Å². The van der Waals surface area contributed by atoms with Crippen LogP contribution in [0, 0.1) is 0 Å². The van der Waals surface area contributed by atoms with Crippen LogP contribution in [0.3, 0.4) is 0 Å². The molecule has 6 heteroatoms. The molecule has 1 aromatic carbocycles. The molecule has 2 aromatic rings. The van der Waals surface area contributed by atoms with Crippen molar-refractivity contribution in [1.29, 1.82) is 0 Å². The molecule has 1 saturated heterocycles. The van der Waals surface area contributed by atoms with E-state index < -0.39 is 0 Å². The lowest BCUT2D eigenvalue weighted by atomic mass is 10.0. The van der Waals surface area contributed by atoms with E-state index in [1.165, 1.54) is 0 Å². The lowest BCUT2D eigenvalue weighted by Crippen LogP contribution is -2.43. The fraction of sp³-hybridized carbons (Fsp3) is 0.429. The second kappa shape index (κ2) is 5.63. The van der Waals surface area contributed by atoms with Crippen LogP contribution in [-0.2, 0) is 6.54 Å². The Morgan fingerprint density at radius 1 is 1.35 bits per heavy atom. The van der Waals surface area contributed by atoms with Gasteiger partial charge in [-0.1, -0.05) is 15.9 Å². The third-order valence-corrected chi connectivity index (χ3v) is 4.12. The van der Waals surface area contributed by atoms with Crippen molar-refractivity contribution in [2.24, 2.45) is 0 Å². The molecule has 3 rings (SSSR count). The zero-order valence-electron chi connectivity index (χ0n) is 11.3. The van der Waals surface area contributed by atoms with Gasteiger partial charge in [-0.25, -0.2) is 0 Å². The second-order valence-corrected chi connectivity index (χ2v) is 6.26. The van der Waals surface area contributed by atoms with Crippen molar-refractivity contribution in [3.63, 3.8) is 0 Å². The molecule has 0 bridgehead atoms. The Morgan fingerprint density at radius 2 is 2.15 bits per heavy atom. The molecule has 0 spiro atoms. The molecule has 1 aromatic heterocycles. The van der Waals surface area contributed by atoms with E-state index in [-0.39, 0.29) is 5.54 Å². The number of rotatable bonds is 4. The van der Waals surface area contributed by atoms with E-state index in [9.17, 15) is 0 Å². The van der Waals surface area contributed by atoms with E-state index in [2.05, 4.69) is 43.7 Å². The van der Waals surface area contributed by atoms with Gasteiger partial charge in [-0.15, -0.1) is 10.2 Å². The number of hydrogen-bond acceptors (Lipinski definition) is 5. The highest BCUT2D eigenvalue weighted by Crippen LogP contribution is 2.21. The third-order valence-electron chi connectivity index (χ3n) is 3.59. The molecule has 5 nitrogen and oxygen atoms in total. The molecule has 1 atom stereocenters. The Kier molecular flexibility index (Phi) is 3.87. The summed E-state index contributed by atoms with van der Waals surface area (Å²) in [5, 5.41) is 15.0. The van der Waals surface area contributed by atoms with Crippen molar-refractivity contribution in [3.8, 4) is 11.5 Å². The average Bonchev–Trinajstić information content (AvgIpc) is 3.07. The molecule has 1 unspecified atom stereocenters. The van der Waals surface area contributed by atoms with Gasteiger partial charge in [0.1, 0.15) is 0 Å². The lowest BCUT2D eigenvalue weighted by molar-refractivity contribution is 0.356. The summed E-state index contributed by atoms with van der Waals surface area (Å²) in [4.78, 5) is 0. The van der Waals surface area contributed by atoms with Crippen LogP contribution in [0.4, 0.5) is 0 Å². The molecule has 2 N–H and O–H groups in total. The van der Waals surface area contributed by atoms with Crippen LogP contribution in [0.2, 0.25) is 0 Å². The summed E-state index contributed by atoms with van der Waals surface area (Å²) in [6, 6.07) is 7.83. The summed E-state index contributed by atoms with van der Waals surface area (Å²) < 4.78 is 6.73. The monoisotopic (exact) mass is 336 g/mol. The van der Waals surface area contributed by atoms with Crippen LogP contribution < -0.4 is 10.6 Å². The fourth-order valence-electron chi connectivity index (χ4n) is 2.29. The molecular weight excluding hydrogens is 320 g/mol. The fourth-order valence-corrected chi connectivity index (χ4v) is 2.56. The summed E-state index contributed by atoms with van der Waals surface area (Å²) in [5.41, 5.74) is 1.05. The number of halogens is 1. The van der Waals surface area contributed by atoms with Crippen LogP contribution >= 0.6 is 15.9 Å². The molecule has 0 saturated carbocycles. The van der Waals surface area contributed by atoms with Gasteiger partial charge in [0.15, 0.2) is 0 Å². The summed E-state index contributed by atoms with van der Waals surface area (Å²) in [5.74, 6) is 1.18. The summed E-state index contributed by atoms with van der Waals surface area (Å²) in [7, 11) is 0. The smallest absolute Gasteiger partial charge is 0.247 e. The van der Waals surface area contributed by atoms with Crippen LogP contribution in [0.1, 0.15) is 19.2 Å². The molecule has 20 heavy (non-hydrogen) atoms. The minimum absolute atomic E-state index is 0.117. The van der Waals surface area contributed by atoms with Crippen molar-refractivity contribution in [1.82, 2.24) is 20.8 Å². The van der Waals surface area contributed by atoms with Crippen molar-refractivity contribution in [2.45, 2.75) is 25.4 Å². The normalized spacial score (nSPS) is 22.3. The zero-order valence-corrected chi connectivity index (χ0v) is 12.9. The molecule has 0 radical (unpaired) electrons. The van der Waals surface area contributed by atoms with Crippen LogP contribution in [0.25, 0.3) is 11.5 Å². The molecule has 1 aliphatic rings. The largest absolute Gasteiger partial charge is 0.419 e. The first-order chi connectivity index (χ1) is 9.65. The molecule has 106 valence electrons. The van der Waals surface area contributed by atoms with Gasteiger partial charge in [0.05, 0.1) is 6.54 Å². The van der Waals surface area contributed by atoms with Gasteiger partial charge in [0, 0.05) is 22.1 Å². The number of benzene rings is 1. The molecule has 1 fully saturated rings. The highest BCUT2D eigenvalue weighted by atomic mass is 79.9. The van der Waals surface area contributed by atoms with Gasteiger partial charge in [-0.3, -0.25) is 0 Å². The SMILES string of the molecule is CC1(NCc2nnc(-c3ccc(Br)cc3)o2)CCNC1. The van der Waals surface area contributed by atoms with Gasteiger partial charge < -0.3 is 15.1 Å². The Balaban J connectivity index is 1.66. The molecule has 2 heterocycles. The van der Waals surface area contributed by atoms with Gasteiger partial charge in [-0.2, -0.15) is 0 Å². The number of nitrogens with zero attached hydrogens (tertiary/aromatic N) is 2. The standard InChI is InChI=1S/C14H17BrN4O/c1-14(6-7-16-9-14)17-8-12-18-19-13(20-12)10-2-4-11(15)5-3-10/h2-5,16-17H,6-9H2,1H3. The number of aromatic nitrogens is 2.